The fourth-order valence-electron chi connectivity index (χ4n) is 2.23. The summed E-state index contributed by atoms with van der Waals surface area (Å²) in [5.74, 6) is 0. The molecule has 3 heteroatoms. The summed E-state index contributed by atoms with van der Waals surface area (Å²) in [5.41, 5.74) is 0.504. The molecule has 0 heterocycles. The summed E-state index contributed by atoms with van der Waals surface area (Å²) in [5, 5.41) is 29.1. The van der Waals surface area contributed by atoms with E-state index in [1.54, 1.807) is 18.2 Å². The zero-order chi connectivity index (χ0) is 12.3. The van der Waals surface area contributed by atoms with Gasteiger partial charge in [-0.3, -0.25) is 0 Å². The summed E-state index contributed by atoms with van der Waals surface area (Å²) >= 11 is 0. The molecule has 0 saturated carbocycles. The number of allylic oxidation sites excluding steroid dienone is 2. The quantitative estimate of drug-likeness (QED) is 0.721. The van der Waals surface area contributed by atoms with Crippen LogP contribution < -0.4 is 0 Å². The van der Waals surface area contributed by atoms with Crippen molar-refractivity contribution in [1.82, 2.24) is 0 Å². The maximum absolute atomic E-state index is 10.3. The Morgan fingerprint density at radius 1 is 1.12 bits per heavy atom. The average Bonchev–Trinajstić information content (AvgIpc) is 2.40. The van der Waals surface area contributed by atoms with Crippen molar-refractivity contribution < 1.29 is 15.3 Å². The van der Waals surface area contributed by atoms with Crippen molar-refractivity contribution in [3.8, 4) is 0 Å². The Morgan fingerprint density at radius 3 is 2.41 bits per heavy atom. The monoisotopic (exact) mass is 232 g/mol. The summed E-state index contributed by atoms with van der Waals surface area (Å²) < 4.78 is 0. The Balaban J connectivity index is 2.46. The summed E-state index contributed by atoms with van der Waals surface area (Å²) in [6, 6.07) is 9.35. The van der Waals surface area contributed by atoms with Crippen LogP contribution in [0.15, 0.2) is 54.1 Å². The zero-order valence-corrected chi connectivity index (χ0v) is 9.45. The third-order valence-corrected chi connectivity index (χ3v) is 3.30. The largest absolute Gasteiger partial charge is 0.395 e. The Bertz CT molecular complexity index is 436. The maximum Gasteiger partial charge on any atom is 0.0928 e. The molecule has 0 radical (unpaired) electrons. The molecule has 0 fully saturated rings. The first-order valence-corrected chi connectivity index (χ1v) is 5.58. The van der Waals surface area contributed by atoms with Gasteiger partial charge in [0.15, 0.2) is 0 Å². The lowest BCUT2D eigenvalue weighted by molar-refractivity contribution is 0.0799. The van der Waals surface area contributed by atoms with Crippen LogP contribution in [0.4, 0.5) is 0 Å². The van der Waals surface area contributed by atoms with Crippen molar-refractivity contribution in [1.29, 1.82) is 0 Å². The fourth-order valence-corrected chi connectivity index (χ4v) is 2.23. The normalized spacial score (nSPS) is 27.9. The molecule has 1 aromatic rings. The van der Waals surface area contributed by atoms with Gasteiger partial charge < -0.3 is 15.3 Å². The van der Waals surface area contributed by atoms with E-state index >= 15 is 0 Å². The molecule has 2 unspecified atom stereocenters. The number of aliphatic hydroxyl groups excluding tert-OH is 3. The molecule has 1 aliphatic rings. The highest BCUT2D eigenvalue weighted by atomic mass is 16.3. The molecule has 1 aromatic carbocycles. The SMILES string of the molecule is OCC1=CC=CC(CO)(c2ccccc2)C1O. The van der Waals surface area contributed by atoms with E-state index in [4.69, 9.17) is 0 Å². The average molecular weight is 232 g/mol. The van der Waals surface area contributed by atoms with Gasteiger partial charge in [0, 0.05) is 0 Å². The molecule has 1 aliphatic carbocycles. The smallest absolute Gasteiger partial charge is 0.0928 e. The molecule has 3 N–H and O–H groups in total. The molecule has 0 aromatic heterocycles. The minimum absolute atomic E-state index is 0.202. The van der Waals surface area contributed by atoms with E-state index in [1.807, 2.05) is 30.3 Å². The number of benzene rings is 1. The molecule has 0 amide bonds. The first kappa shape index (κ1) is 12.0. The van der Waals surface area contributed by atoms with Crippen molar-refractivity contribution in [2.45, 2.75) is 11.5 Å². The van der Waals surface area contributed by atoms with Gasteiger partial charge in [-0.05, 0) is 11.1 Å². The van der Waals surface area contributed by atoms with Gasteiger partial charge in [0.1, 0.15) is 0 Å². The highest BCUT2D eigenvalue weighted by Gasteiger charge is 2.39. The minimum atomic E-state index is -0.898. The predicted molar refractivity (Wildman–Crippen MR) is 65.5 cm³/mol. The Kier molecular flexibility index (Phi) is 3.43. The van der Waals surface area contributed by atoms with Gasteiger partial charge >= 0.3 is 0 Å². The van der Waals surface area contributed by atoms with Crippen molar-refractivity contribution in [3.05, 3.63) is 59.7 Å². The Morgan fingerprint density at radius 2 is 1.82 bits per heavy atom. The number of rotatable bonds is 3. The third kappa shape index (κ3) is 1.93. The molecule has 0 saturated heterocycles. The molecule has 0 aliphatic heterocycles. The van der Waals surface area contributed by atoms with Crippen molar-refractivity contribution in [2.24, 2.45) is 0 Å². The fraction of sp³-hybridized carbons (Fsp3) is 0.286. The molecule has 90 valence electrons. The van der Waals surface area contributed by atoms with Gasteiger partial charge in [0.2, 0.25) is 0 Å². The second-order valence-corrected chi connectivity index (χ2v) is 4.23. The topological polar surface area (TPSA) is 60.7 Å². The number of aliphatic hydroxyl groups is 3. The van der Waals surface area contributed by atoms with Crippen LogP contribution in [0, 0.1) is 0 Å². The predicted octanol–water partition coefficient (Wildman–Crippen LogP) is 0.766. The van der Waals surface area contributed by atoms with Crippen molar-refractivity contribution in [2.75, 3.05) is 13.2 Å². The summed E-state index contributed by atoms with van der Waals surface area (Å²) in [6.45, 7) is -0.411. The third-order valence-electron chi connectivity index (χ3n) is 3.30. The van der Waals surface area contributed by atoms with Crippen LogP contribution in [-0.2, 0) is 5.41 Å². The molecule has 0 bridgehead atoms. The van der Waals surface area contributed by atoms with E-state index in [0.717, 1.165) is 5.56 Å². The Hall–Kier alpha value is -1.42. The first-order chi connectivity index (χ1) is 8.24. The molecule has 3 nitrogen and oxygen atoms in total. The summed E-state index contributed by atoms with van der Waals surface area (Å²) in [4.78, 5) is 0. The second kappa shape index (κ2) is 4.84. The summed E-state index contributed by atoms with van der Waals surface area (Å²) in [7, 11) is 0. The molecule has 0 spiro atoms. The maximum atomic E-state index is 10.3. The van der Waals surface area contributed by atoms with E-state index in [9.17, 15) is 15.3 Å². The highest BCUT2D eigenvalue weighted by Crippen LogP contribution is 2.35. The van der Waals surface area contributed by atoms with Gasteiger partial charge in [-0.25, -0.2) is 0 Å². The van der Waals surface area contributed by atoms with E-state index in [1.165, 1.54) is 0 Å². The van der Waals surface area contributed by atoms with Gasteiger partial charge in [-0.15, -0.1) is 0 Å². The summed E-state index contributed by atoms with van der Waals surface area (Å²) in [6.07, 6.45) is 4.33. The van der Waals surface area contributed by atoms with E-state index in [-0.39, 0.29) is 13.2 Å². The molecule has 2 atom stereocenters. The first-order valence-electron chi connectivity index (χ1n) is 5.58. The Labute approximate surface area is 100 Å². The van der Waals surface area contributed by atoms with E-state index in [0.29, 0.717) is 5.57 Å². The van der Waals surface area contributed by atoms with Crippen LogP contribution in [0.25, 0.3) is 0 Å². The van der Waals surface area contributed by atoms with Crippen LogP contribution in [0.2, 0.25) is 0 Å². The lowest BCUT2D eigenvalue weighted by atomic mass is 9.71. The van der Waals surface area contributed by atoms with Crippen LogP contribution in [-0.4, -0.2) is 34.6 Å². The van der Waals surface area contributed by atoms with Crippen LogP contribution in [0.3, 0.4) is 0 Å². The zero-order valence-electron chi connectivity index (χ0n) is 9.45. The van der Waals surface area contributed by atoms with E-state index in [2.05, 4.69) is 0 Å². The number of hydrogen-bond donors (Lipinski definition) is 3. The molecule has 2 rings (SSSR count). The lowest BCUT2D eigenvalue weighted by Gasteiger charge is -2.37. The minimum Gasteiger partial charge on any atom is -0.395 e. The van der Waals surface area contributed by atoms with Gasteiger partial charge in [0.25, 0.3) is 0 Å². The van der Waals surface area contributed by atoms with Gasteiger partial charge in [0.05, 0.1) is 24.7 Å². The van der Waals surface area contributed by atoms with Crippen LogP contribution in [0.1, 0.15) is 5.56 Å². The lowest BCUT2D eigenvalue weighted by Crippen LogP contribution is -2.44. The van der Waals surface area contributed by atoms with Gasteiger partial charge in [-0.1, -0.05) is 48.6 Å². The van der Waals surface area contributed by atoms with E-state index < -0.39 is 11.5 Å². The molecular weight excluding hydrogens is 216 g/mol. The standard InChI is InChI=1S/C14H16O3/c15-9-11-5-4-8-14(10-16,13(11)17)12-6-2-1-3-7-12/h1-8,13,15-17H,9-10H2. The number of hydrogen-bond acceptors (Lipinski definition) is 3. The van der Waals surface area contributed by atoms with Crippen molar-refractivity contribution >= 4 is 0 Å². The molecule has 17 heavy (non-hydrogen) atoms. The highest BCUT2D eigenvalue weighted by molar-refractivity contribution is 5.42. The van der Waals surface area contributed by atoms with Crippen molar-refractivity contribution in [3.63, 3.8) is 0 Å². The molecular formula is C14H16O3. The van der Waals surface area contributed by atoms with Gasteiger partial charge in [-0.2, -0.15) is 0 Å². The van der Waals surface area contributed by atoms with Crippen LogP contribution in [0.5, 0.6) is 0 Å². The second-order valence-electron chi connectivity index (χ2n) is 4.23. The van der Waals surface area contributed by atoms with Crippen LogP contribution >= 0.6 is 0 Å².